The fraction of sp³-hybridized carbons (Fsp3) is 0.571. The van der Waals surface area contributed by atoms with E-state index in [1.807, 2.05) is 9.80 Å². The van der Waals surface area contributed by atoms with Crippen LogP contribution < -0.4 is 0 Å². The Morgan fingerprint density at radius 3 is 1.64 bits per heavy atom. The summed E-state index contributed by atoms with van der Waals surface area (Å²) >= 11 is 0. The van der Waals surface area contributed by atoms with Crippen molar-refractivity contribution in [3.05, 3.63) is 29.8 Å². The second-order valence-electron chi connectivity index (χ2n) is 5.56. The number of likely N-dealkylation sites (N-methyl/N-ethyl adjacent to an activating group) is 2. The molecule has 0 fully saturated rings. The molecule has 0 aliphatic carbocycles. The molecule has 0 saturated carbocycles. The van der Waals surface area contributed by atoms with Crippen molar-refractivity contribution in [3.63, 3.8) is 0 Å². The smallest absolute Gasteiger partial charge is 0.249 e. The lowest BCUT2D eigenvalue weighted by atomic mass is 10.3. The van der Waals surface area contributed by atoms with E-state index in [0.717, 1.165) is 22.5 Å². The van der Waals surface area contributed by atoms with E-state index in [9.17, 15) is 17.2 Å². The van der Waals surface area contributed by atoms with Crippen LogP contribution in [0.1, 0.15) is 0 Å². The molecule has 1 rings (SSSR count). The Morgan fingerprint density at radius 1 is 0.864 bits per heavy atom. The van der Waals surface area contributed by atoms with Crippen LogP contribution in [0.25, 0.3) is 0 Å². The van der Waals surface area contributed by atoms with Crippen LogP contribution in [0, 0.1) is 11.6 Å². The zero-order chi connectivity index (χ0) is 16.9. The fourth-order valence-corrected chi connectivity index (χ4v) is 3.36. The van der Waals surface area contributed by atoms with Gasteiger partial charge in [0.2, 0.25) is 10.0 Å². The molecule has 1 aromatic carbocycles. The summed E-state index contributed by atoms with van der Waals surface area (Å²) in [6, 6.07) is 3.05. The fourth-order valence-electron chi connectivity index (χ4n) is 1.83. The largest absolute Gasteiger partial charge is 0.308 e. The molecule has 0 bridgehead atoms. The first kappa shape index (κ1) is 19.0. The van der Waals surface area contributed by atoms with Crippen LogP contribution in [0.4, 0.5) is 8.78 Å². The van der Waals surface area contributed by atoms with Gasteiger partial charge < -0.3 is 9.80 Å². The van der Waals surface area contributed by atoms with Crippen molar-refractivity contribution in [1.29, 1.82) is 0 Å². The molecule has 0 amide bonds. The Kier molecular flexibility index (Phi) is 6.86. The highest BCUT2D eigenvalue weighted by Gasteiger charge is 2.30. The second kappa shape index (κ2) is 7.96. The topological polar surface area (TPSA) is 43.9 Å². The van der Waals surface area contributed by atoms with E-state index in [4.69, 9.17) is 0 Å². The van der Waals surface area contributed by atoms with Gasteiger partial charge in [-0.25, -0.2) is 17.2 Å². The lowest BCUT2D eigenvalue weighted by Crippen LogP contribution is -2.41. The highest BCUT2D eigenvalue weighted by Crippen LogP contribution is 2.22. The van der Waals surface area contributed by atoms with Crippen molar-refractivity contribution in [2.24, 2.45) is 0 Å². The Hall–Kier alpha value is -1.09. The molecule has 0 atom stereocenters. The minimum absolute atomic E-state index is 0.164. The summed E-state index contributed by atoms with van der Waals surface area (Å²) in [7, 11) is 3.00. The molecule has 0 spiro atoms. The molecule has 0 aliphatic heterocycles. The molecule has 0 aromatic heterocycles. The molecule has 0 radical (unpaired) electrons. The van der Waals surface area contributed by atoms with Gasteiger partial charge >= 0.3 is 0 Å². The van der Waals surface area contributed by atoms with Gasteiger partial charge in [-0.15, -0.1) is 0 Å². The third-order valence-electron chi connectivity index (χ3n) is 3.11. The van der Waals surface area contributed by atoms with Crippen LogP contribution in [-0.2, 0) is 10.0 Å². The van der Waals surface area contributed by atoms with Gasteiger partial charge in [0.15, 0.2) is 4.90 Å². The average molecular weight is 335 g/mol. The van der Waals surface area contributed by atoms with E-state index in [-0.39, 0.29) is 13.1 Å². The SMILES string of the molecule is CN(C)CCN(CCN(C)C)S(=O)(=O)c1c(F)cccc1F. The molecule has 5 nitrogen and oxygen atoms in total. The van der Waals surface area contributed by atoms with Gasteiger partial charge in [-0.2, -0.15) is 4.31 Å². The summed E-state index contributed by atoms with van der Waals surface area (Å²) in [5.74, 6) is -2.14. The molecule has 0 aliphatic rings. The van der Waals surface area contributed by atoms with Crippen LogP contribution in [0.15, 0.2) is 23.1 Å². The number of benzene rings is 1. The van der Waals surface area contributed by atoms with E-state index in [1.54, 1.807) is 28.2 Å². The number of hydrogen-bond donors (Lipinski definition) is 0. The Balaban J connectivity index is 3.14. The summed E-state index contributed by atoms with van der Waals surface area (Å²) in [6.45, 7) is 1.25. The normalized spacial score (nSPS) is 12.6. The molecule has 0 N–H and O–H groups in total. The molecule has 22 heavy (non-hydrogen) atoms. The highest BCUT2D eigenvalue weighted by molar-refractivity contribution is 7.89. The summed E-state index contributed by atoms with van der Waals surface area (Å²) in [4.78, 5) is 2.75. The summed E-state index contributed by atoms with van der Waals surface area (Å²) in [5, 5.41) is 0. The minimum atomic E-state index is -4.22. The molecule has 126 valence electrons. The van der Waals surface area contributed by atoms with Crippen LogP contribution >= 0.6 is 0 Å². The molecule has 0 unspecified atom stereocenters. The van der Waals surface area contributed by atoms with Crippen molar-refractivity contribution in [3.8, 4) is 0 Å². The van der Waals surface area contributed by atoms with E-state index in [2.05, 4.69) is 0 Å². The monoisotopic (exact) mass is 335 g/mol. The van der Waals surface area contributed by atoms with E-state index in [1.165, 1.54) is 0 Å². The summed E-state index contributed by atoms with van der Waals surface area (Å²) < 4.78 is 54.0. The first-order valence-corrected chi connectivity index (χ1v) is 8.34. The third kappa shape index (κ3) is 4.98. The zero-order valence-corrected chi connectivity index (χ0v) is 14.2. The molecule has 1 aromatic rings. The quantitative estimate of drug-likeness (QED) is 0.713. The lowest BCUT2D eigenvalue weighted by molar-refractivity contribution is 0.299. The first-order chi connectivity index (χ1) is 10.2. The van der Waals surface area contributed by atoms with Crippen molar-refractivity contribution in [1.82, 2.24) is 14.1 Å². The molecule has 0 heterocycles. The summed E-state index contributed by atoms with van der Waals surface area (Å²) in [6.07, 6.45) is 0. The van der Waals surface area contributed by atoms with Gasteiger partial charge in [0.05, 0.1) is 0 Å². The first-order valence-electron chi connectivity index (χ1n) is 6.90. The van der Waals surface area contributed by atoms with Crippen molar-refractivity contribution in [2.45, 2.75) is 4.90 Å². The number of nitrogens with zero attached hydrogens (tertiary/aromatic N) is 3. The molecular formula is C14H23F2N3O2S. The van der Waals surface area contributed by atoms with Crippen LogP contribution in [0.5, 0.6) is 0 Å². The van der Waals surface area contributed by atoms with Crippen molar-refractivity contribution < 1.29 is 17.2 Å². The number of halogens is 2. The minimum Gasteiger partial charge on any atom is -0.308 e. The number of hydrogen-bond acceptors (Lipinski definition) is 4. The van der Waals surface area contributed by atoms with Crippen molar-refractivity contribution in [2.75, 3.05) is 54.4 Å². The predicted octanol–water partition coefficient (Wildman–Crippen LogP) is 1.08. The lowest BCUT2D eigenvalue weighted by Gasteiger charge is -2.25. The maximum Gasteiger partial charge on any atom is 0.249 e. The maximum atomic E-state index is 13.8. The van der Waals surface area contributed by atoms with Gasteiger partial charge in [0, 0.05) is 26.2 Å². The zero-order valence-electron chi connectivity index (χ0n) is 13.4. The van der Waals surface area contributed by atoms with Gasteiger partial charge in [0.25, 0.3) is 0 Å². The standard InChI is InChI=1S/C14H23F2N3O2S/c1-17(2)8-10-19(11-9-18(3)4)22(20,21)14-12(15)6-5-7-13(14)16/h5-7H,8-11H2,1-4H3. The van der Waals surface area contributed by atoms with Gasteiger partial charge in [-0.05, 0) is 40.3 Å². The van der Waals surface area contributed by atoms with Crippen LogP contribution in [-0.4, -0.2) is 76.9 Å². The Bertz CT molecular complexity index is 560. The second-order valence-corrected chi connectivity index (χ2v) is 7.44. The van der Waals surface area contributed by atoms with E-state index in [0.29, 0.717) is 13.1 Å². The van der Waals surface area contributed by atoms with Crippen molar-refractivity contribution >= 4 is 10.0 Å². The Morgan fingerprint density at radius 2 is 1.27 bits per heavy atom. The van der Waals surface area contributed by atoms with Gasteiger partial charge in [-0.3, -0.25) is 0 Å². The molecule has 8 heteroatoms. The van der Waals surface area contributed by atoms with Gasteiger partial charge in [-0.1, -0.05) is 6.07 Å². The van der Waals surface area contributed by atoms with Gasteiger partial charge in [0.1, 0.15) is 11.6 Å². The average Bonchev–Trinajstić information content (AvgIpc) is 2.36. The Labute approximate surface area is 131 Å². The van der Waals surface area contributed by atoms with Crippen LogP contribution in [0.2, 0.25) is 0 Å². The summed E-state index contributed by atoms with van der Waals surface area (Å²) in [5.41, 5.74) is 0. The van der Waals surface area contributed by atoms with E-state index >= 15 is 0 Å². The maximum absolute atomic E-state index is 13.8. The van der Waals surface area contributed by atoms with E-state index < -0.39 is 26.6 Å². The third-order valence-corrected chi connectivity index (χ3v) is 5.06. The van der Waals surface area contributed by atoms with Crippen LogP contribution in [0.3, 0.4) is 0 Å². The number of sulfonamides is 1. The highest BCUT2D eigenvalue weighted by atomic mass is 32.2. The predicted molar refractivity (Wildman–Crippen MR) is 82.2 cm³/mol. The molecular weight excluding hydrogens is 312 g/mol. The number of rotatable bonds is 8. The molecule has 0 saturated heterocycles.